The molecule has 1 heterocycles. The Bertz CT molecular complexity index is 742. The summed E-state index contributed by atoms with van der Waals surface area (Å²) >= 11 is 1.37. The minimum absolute atomic E-state index is 0.254. The van der Waals surface area contributed by atoms with Crippen molar-refractivity contribution < 1.29 is 4.74 Å². The van der Waals surface area contributed by atoms with Crippen molar-refractivity contribution in [3.8, 4) is 11.9 Å². The third kappa shape index (κ3) is 5.92. The van der Waals surface area contributed by atoms with Gasteiger partial charge in [-0.1, -0.05) is 12.1 Å². The average Bonchev–Trinajstić information content (AvgIpc) is 2.63. The number of nitrogens with zero attached hydrogens (tertiary/aromatic N) is 5. The molecule has 2 aromatic rings. The van der Waals surface area contributed by atoms with E-state index < -0.39 is 0 Å². The lowest BCUT2D eigenvalue weighted by Crippen LogP contribution is -2.29. The monoisotopic (exact) mass is 358 g/mol. The second-order valence-electron chi connectivity index (χ2n) is 4.74. The van der Waals surface area contributed by atoms with Gasteiger partial charge in [0.05, 0.1) is 44.4 Å². The summed E-state index contributed by atoms with van der Waals surface area (Å²) < 4.78 is 7.86. The van der Waals surface area contributed by atoms with Crippen LogP contribution in [0.25, 0.3) is 0 Å². The molecular formula is C15H18N8OS. The summed E-state index contributed by atoms with van der Waals surface area (Å²) in [4.78, 5) is 9.18. The van der Waals surface area contributed by atoms with Gasteiger partial charge >= 0.3 is 0 Å². The van der Waals surface area contributed by atoms with Crippen molar-refractivity contribution in [3.05, 3.63) is 47.9 Å². The minimum Gasteiger partial charge on any atom is -0.480 e. The van der Waals surface area contributed by atoms with Crippen LogP contribution in [0.5, 0.6) is 5.88 Å². The molecule has 10 heteroatoms. The zero-order chi connectivity index (χ0) is 18.1. The molecule has 0 spiro atoms. The third-order valence-corrected chi connectivity index (χ3v) is 3.74. The van der Waals surface area contributed by atoms with E-state index in [-0.39, 0.29) is 18.9 Å². The molecule has 0 saturated carbocycles. The summed E-state index contributed by atoms with van der Waals surface area (Å²) in [5, 5.41) is 13.8. The molecule has 25 heavy (non-hydrogen) atoms. The molecule has 0 radical (unpaired) electrons. The first-order valence-electron chi connectivity index (χ1n) is 7.20. The summed E-state index contributed by atoms with van der Waals surface area (Å²) in [5.41, 5.74) is 7.35. The molecule has 0 atom stereocenters. The number of amidine groups is 1. The van der Waals surface area contributed by atoms with E-state index in [0.29, 0.717) is 11.6 Å². The Hall–Kier alpha value is -2.87. The van der Waals surface area contributed by atoms with E-state index in [1.54, 1.807) is 6.20 Å². The third-order valence-electron chi connectivity index (χ3n) is 2.94. The molecule has 0 bridgehead atoms. The maximum atomic E-state index is 8.49. The molecule has 0 amide bonds. The first-order valence-corrected chi connectivity index (χ1v) is 8.02. The van der Waals surface area contributed by atoms with Crippen LogP contribution >= 0.6 is 11.9 Å². The van der Waals surface area contributed by atoms with Gasteiger partial charge in [0.25, 0.3) is 0 Å². The number of hydrazone groups is 1. The topological polar surface area (TPSA) is 138 Å². The maximum absolute atomic E-state index is 8.49. The van der Waals surface area contributed by atoms with E-state index >= 15 is 0 Å². The number of methoxy groups -OCH3 is 1. The van der Waals surface area contributed by atoms with Gasteiger partial charge < -0.3 is 10.5 Å². The number of hydrazine groups is 1. The standard InChI is InChI=1S/C15H18N8OS/c1-24-14-9-19-12(8-20-14)10-23(18)22-15(17)11-2-4-13(5-3-11)25-21-7-6-16/h2-5,8-9,21H,7,10,18H2,1H3,(H2,17,22). The largest absolute Gasteiger partial charge is 0.480 e. The van der Waals surface area contributed by atoms with Crippen molar-refractivity contribution in [1.82, 2.24) is 19.8 Å². The molecule has 1 aromatic carbocycles. The number of nitrogens with one attached hydrogen (secondary N) is 1. The molecule has 0 aliphatic heterocycles. The molecule has 9 nitrogen and oxygen atoms in total. The Balaban J connectivity index is 1.95. The van der Waals surface area contributed by atoms with Gasteiger partial charge in [-0.25, -0.2) is 20.7 Å². The van der Waals surface area contributed by atoms with Crippen molar-refractivity contribution >= 4 is 17.8 Å². The number of rotatable bonds is 8. The van der Waals surface area contributed by atoms with Crippen LogP contribution in [0.4, 0.5) is 0 Å². The lowest BCUT2D eigenvalue weighted by molar-refractivity contribution is 0.285. The number of nitriles is 1. The van der Waals surface area contributed by atoms with Crippen LogP contribution < -0.4 is 21.0 Å². The Morgan fingerprint density at radius 1 is 1.36 bits per heavy atom. The average molecular weight is 358 g/mol. The molecule has 2 rings (SSSR count). The van der Waals surface area contributed by atoms with Crippen molar-refractivity contribution in [2.75, 3.05) is 13.7 Å². The van der Waals surface area contributed by atoms with E-state index in [9.17, 15) is 0 Å². The first kappa shape index (κ1) is 18.5. The first-order chi connectivity index (χ1) is 12.1. The Morgan fingerprint density at radius 3 is 2.72 bits per heavy atom. The smallest absolute Gasteiger partial charge is 0.231 e. The molecule has 0 aliphatic rings. The van der Waals surface area contributed by atoms with E-state index in [1.165, 1.54) is 30.4 Å². The summed E-state index contributed by atoms with van der Waals surface area (Å²) in [5.74, 6) is 6.56. The van der Waals surface area contributed by atoms with E-state index in [2.05, 4.69) is 19.8 Å². The Labute approximate surface area is 149 Å². The highest BCUT2D eigenvalue weighted by Gasteiger charge is 2.05. The Kier molecular flexibility index (Phi) is 6.97. The van der Waals surface area contributed by atoms with Crippen molar-refractivity contribution in [2.24, 2.45) is 16.7 Å². The molecular weight excluding hydrogens is 340 g/mol. The number of hydrogen-bond acceptors (Lipinski definition) is 9. The van der Waals surface area contributed by atoms with Gasteiger partial charge in [-0.3, -0.25) is 4.98 Å². The molecule has 0 fully saturated rings. The van der Waals surface area contributed by atoms with Crippen LogP contribution in [0.3, 0.4) is 0 Å². The number of hydrogen-bond donors (Lipinski definition) is 3. The molecule has 130 valence electrons. The number of benzene rings is 1. The number of ether oxygens (including phenoxy) is 1. The quantitative estimate of drug-likeness (QED) is 0.118. The van der Waals surface area contributed by atoms with Gasteiger partial charge in [0.1, 0.15) is 0 Å². The molecule has 0 aliphatic carbocycles. The van der Waals surface area contributed by atoms with Crippen LogP contribution in [0.1, 0.15) is 11.3 Å². The molecule has 0 saturated heterocycles. The second kappa shape index (κ2) is 9.43. The van der Waals surface area contributed by atoms with E-state index in [0.717, 1.165) is 10.5 Å². The van der Waals surface area contributed by atoms with E-state index in [4.69, 9.17) is 21.6 Å². The number of nitrogens with two attached hydrogens (primary N) is 2. The summed E-state index contributed by atoms with van der Waals surface area (Å²) in [6, 6.07) is 9.42. The van der Waals surface area contributed by atoms with Crippen LogP contribution in [0.2, 0.25) is 0 Å². The highest BCUT2D eigenvalue weighted by atomic mass is 32.2. The fraction of sp³-hybridized carbons (Fsp3) is 0.200. The zero-order valence-electron chi connectivity index (χ0n) is 13.6. The highest BCUT2D eigenvalue weighted by Crippen LogP contribution is 2.15. The van der Waals surface area contributed by atoms with Gasteiger partial charge in [0, 0.05) is 10.5 Å². The van der Waals surface area contributed by atoms with Gasteiger partial charge in [0.15, 0.2) is 5.84 Å². The molecule has 0 unspecified atom stereocenters. The predicted molar refractivity (Wildman–Crippen MR) is 95.0 cm³/mol. The van der Waals surface area contributed by atoms with E-state index in [1.807, 2.05) is 30.3 Å². The van der Waals surface area contributed by atoms with Crippen LogP contribution in [-0.2, 0) is 6.54 Å². The normalized spacial score (nSPS) is 11.0. The minimum atomic E-state index is 0.254. The van der Waals surface area contributed by atoms with Crippen molar-refractivity contribution in [1.29, 1.82) is 5.26 Å². The molecule has 1 aromatic heterocycles. The zero-order valence-corrected chi connectivity index (χ0v) is 14.4. The summed E-state index contributed by atoms with van der Waals surface area (Å²) in [6.07, 6.45) is 3.07. The fourth-order valence-corrected chi connectivity index (χ4v) is 2.35. The van der Waals surface area contributed by atoms with Crippen LogP contribution in [-0.4, -0.2) is 34.6 Å². The lowest BCUT2D eigenvalue weighted by atomic mass is 10.2. The predicted octanol–water partition coefficient (Wildman–Crippen LogP) is 0.602. The SMILES string of the molecule is COc1cnc(CN(N)/N=C(\N)c2ccc(SNCC#N)cc2)cn1. The van der Waals surface area contributed by atoms with Gasteiger partial charge in [0.2, 0.25) is 5.88 Å². The van der Waals surface area contributed by atoms with Crippen molar-refractivity contribution in [2.45, 2.75) is 11.4 Å². The summed E-state index contributed by atoms with van der Waals surface area (Å²) in [6.45, 7) is 0.524. The van der Waals surface area contributed by atoms with Crippen LogP contribution in [0, 0.1) is 11.3 Å². The van der Waals surface area contributed by atoms with Crippen molar-refractivity contribution in [3.63, 3.8) is 0 Å². The highest BCUT2D eigenvalue weighted by molar-refractivity contribution is 7.97. The fourth-order valence-electron chi connectivity index (χ4n) is 1.77. The molecule has 5 N–H and O–H groups in total. The second-order valence-corrected chi connectivity index (χ2v) is 5.70. The lowest BCUT2D eigenvalue weighted by Gasteiger charge is -2.13. The van der Waals surface area contributed by atoms with Gasteiger partial charge in [-0.05, 0) is 24.1 Å². The Morgan fingerprint density at radius 2 is 2.12 bits per heavy atom. The summed E-state index contributed by atoms with van der Waals surface area (Å²) in [7, 11) is 1.52. The number of aromatic nitrogens is 2. The van der Waals surface area contributed by atoms with Crippen LogP contribution in [0.15, 0.2) is 46.7 Å². The van der Waals surface area contributed by atoms with Gasteiger partial charge in [-0.15, -0.1) is 5.10 Å². The van der Waals surface area contributed by atoms with Gasteiger partial charge in [-0.2, -0.15) is 5.26 Å². The maximum Gasteiger partial charge on any atom is 0.231 e.